The number of hydrogen-bond donors (Lipinski definition) is 0. The number of nitrogens with zero attached hydrogens (tertiary/aromatic N) is 6. The van der Waals surface area contributed by atoms with Crippen LogP contribution in [-0.2, 0) is 0 Å². The van der Waals surface area contributed by atoms with Gasteiger partial charge in [-0.05, 0) is 36.2 Å². The Morgan fingerprint density at radius 2 is 1.01 bits per heavy atom. The lowest BCUT2D eigenvalue weighted by Crippen LogP contribution is -2.54. The van der Waals surface area contributed by atoms with E-state index in [1.54, 1.807) is 0 Å². The summed E-state index contributed by atoms with van der Waals surface area (Å²) in [6.45, 7) is 12.6. The van der Waals surface area contributed by atoms with Crippen LogP contribution >= 0.6 is 11.6 Å². The van der Waals surface area contributed by atoms with E-state index < -0.39 is 13.7 Å². The minimum Gasteiger partial charge on any atom is -0.447 e. The van der Waals surface area contributed by atoms with Crippen molar-refractivity contribution < 1.29 is 8.83 Å². The lowest BCUT2D eigenvalue weighted by atomic mass is 9.50. The summed E-state index contributed by atoms with van der Waals surface area (Å²) >= 11 is 7.50. The number of halogens is 1. The summed E-state index contributed by atoms with van der Waals surface area (Å²) in [6.07, 6.45) is 0. The fourth-order valence-electron chi connectivity index (χ4n) is 9.80. The number of hydrogen-bond acceptors (Lipinski definition) is 5. The van der Waals surface area contributed by atoms with Gasteiger partial charge in [0.2, 0.25) is 11.8 Å². The second-order valence-electron chi connectivity index (χ2n) is 16.9. The monoisotopic (exact) mass is 896 g/mol. The first-order valence-electron chi connectivity index (χ1n) is 22.5. The average molecular weight is 897 g/mol. The van der Waals surface area contributed by atoms with Crippen LogP contribution in [0.25, 0.3) is 60.3 Å². The molecule has 0 spiro atoms. The van der Waals surface area contributed by atoms with Crippen LogP contribution in [0.4, 0.5) is 0 Å². The topological polar surface area (TPSA) is 90.1 Å². The minimum absolute atomic E-state index is 0.167. The van der Waals surface area contributed by atoms with Gasteiger partial charge in [0.15, 0.2) is 11.2 Å². The summed E-state index contributed by atoms with van der Waals surface area (Å²) in [5.74, 6) is 0.128. The summed E-state index contributed by atoms with van der Waals surface area (Å²) in [5.41, 5.74) is 8.92. The lowest BCUT2D eigenvalue weighted by molar-refractivity contribution is 0.584. The second kappa shape index (κ2) is 17.7. The Morgan fingerprint density at radius 1 is 0.574 bits per heavy atom. The van der Waals surface area contributed by atoms with E-state index in [4.69, 9.17) is 30.4 Å². The molecule has 0 aliphatic heterocycles. The molecule has 8 nitrogen and oxygen atoms in total. The molecule has 4 heterocycles. The van der Waals surface area contributed by atoms with E-state index >= 15 is 0 Å². The first kappa shape index (κ1) is 42.1. The van der Waals surface area contributed by atoms with Gasteiger partial charge in [0.05, 0.1) is 11.9 Å². The maximum atomic E-state index is 11.9. The molecule has 0 fully saturated rings. The van der Waals surface area contributed by atoms with Gasteiger partial charge in [0.1, 0.15) is 22.7 Å². The Hall–Kier alpha value is -8.56. The molecule has 0 saturated carbocycles. The second-order valence-corrected chi connectivity index (χ2v) is 17.3. The molecular formula is C57H39B2ClN6O2. The number of oxazole rings is 2. The Kier molecular flexibility index (Phi) is 10.9. The van der Waals surface area contributed by atoms with Crippen molar-refractivity contribution >= 4 is 91.4 Å². The molecule has 0 unspecified atom stereocenters. The standard InChI is InChI=1S/C57H39B2ClN6O2/c1-37(2)52-49-50(54(43(36-61)56-63-45-32-18-20-34-47(45)67-56)65(52)58(38-22-8-4-9-23-38)39-24-10-5-11-25-39)53(42-30-16-17-31-44(42)60)66(59(40-26-12-6-13-27-40)41-28-14-7-15-29-41)55(49)51(62-3)57-64-46-33-19-21-35-48(46)68-57/h4-35,37H,1-2H3/b54-43-,55-51+. The van der Waals surface area contributed by atoms with E-state index in [2.05, 4.69) is 82.2 Å². The maximum Gasteiger partial charge on any atom is 0.327 e. The van der Waals surface area contributed by atoms with Gasteiger partial charge >= 0.3 is 13.7 Å². The van der Waals surface area contributed by atoms with Gasteiger partial charge in [-0.25, -0.2) is 14.8 Å². The molecule has 7 aromatic carbocycles. The zero-order chi connectivity index (χ0) is 46.3. The van der Waals surface area contributed by atoms with Crippen LogP contribution in [0.3, 0.4) is 0 Å². The van der Waals surface area contributed by atoms with Crippen LogP contribution in [0.5, 0.6) is 0 Å². The third-order valence-electron chi connectivity index (χ3n) is 12.5. The molecule has 0 N–H and O–H groups in total. The highest BCUT2D eigenvalue weighted by Gasteiger charge is 2.38. The molecule has 0 aliphatic rings. The van der Waals surface area contributed by atoms with Crippen molar-refractivity contribution in [2.24, 2.45) is 0 Å². The molecule has 0 aliphatic carbocycles. The van der Waals surface area contributed by atoms with E-state index in [9.17, 15) is 11.8 Å². The largest absolute Gasteiger partial charge is 0.447 e. The fourth-order valence-corrected chi connectivity index (χ4v) is 10.0. The van der Waals surface area contributed by atoms with Gasteiger partial charge in [-0.3, -0.25) is 0 Å². The highest BCUT2D eigenvalue weighted by Crippen LogP contribution is 2.38. The molecule has 0 bridgehead atoms. The molecule has 4 aromatic heterocycles. The predicted molar refractivity (Wildman–Crippen MR) is 276 cm³/mol. The molecule has 11 rings (SSSR count). The van der Waals surface area contributed by atoms with E-state index in [1.165, 1.54) is 0 Å². The molecule has 0 atom stereocenters. The Balaban J connectivity index is 1.50. The van der Waals surface area contributed by atoms with Gasteiger partial charge < -0.3 is 17.8 Å². The summed E-state index contributed by atoms with van der Waals surface area (Å²) in [6, 6.07) is 66.7. The van der Waals surface area contributed by atoms with Gasteiger partial charge in [-0.1, -0.05) is 211 Å². The molecule has 0 radical (unpaired) electrons. The van der Waals surface area contributed by atoms with E-state index in [-0.39, 0.29) is 29.0 Å². The highest BCUT2D eigenvalue weighted by atomic mass is 35.5. The summed E-state index contributed by atoms with van der Waals surface area (Å²) in [7, 11) is 0. The number of nitriles is 1. The van der Waals surface area contributed by atoms with Crippen molar-refractivity contribution in [3.63, 3.8) is 0 Å². The molecule has 11 heteroatoms. The summed E-state index contributed by atoms with van der Waals surface area (Å²) in [5, 5.41) is 14.9. The summed E-state index contributed by atoms with van der Waals surface area (Å²) in [4.78, 5) is 14.5. The van der Waals surface area contributed by atoms with E-state index in [1.807, 2.05) is 146 Å². The highest BCUT2D eigenvalue weighted by molar-refractivity contribution is 6.85. The Morgan fingerprint density at radius 3 is 1.49 bits per heavy atom. The number of benzene rings is 7. The Labute approximate surface area is 398 Å². The van der Waals surface area contributed by atoms with Crippen molar-refractivity contribution in [3.05, 3.63) is 239 Å². The van der Waals surface area contributed by atoms with Crippen molar-refractivity contribution in [2.45, 2.75) is 19.8 Å². The Bertz CT molecular complexity index is 3650. The van der Waals surface area contributed by atoms with Gasteiger partial charge in [0.25, 0.3) is 5.70 Å². The lowest BCUT2D eigenvalue weighted by Gasteiger charge is -2.25. The number of para-hydroxylation sites is 4. The van der Waals surface area contributed by atoms with Crippen molar-refractivity contribution in [1.29, 1.82) is 5.26 Å². The number of rotatable bonds is 10. The normalized spacial score (nSPS) is 12.3. The quantitative estimate of drug-likeness (QED) is 0.101. The average Bonchev–Trinajstić information content (AvgIpc) is 4.16. The minimum atomic E-state index is -0.539. The van der Waals surface area contributed by atoms with Gasteiger partial charge in [0, 0.05) is 38.1 Å². The van der Waals surface area contributed by atoms with Crippen LogP contribution in [0, 0.1) is 17.9 Å². The van der Waals surface area contributed by atoms with Crippen LogP contribution in [0.15, 0.2) is 203 Å². The molecule has 68 heavy (non-hydrogen) atoms. The third-order valence-corrected chi connectivity index (χ3v) is 12.9. The van der Waals surface area contributed by atoms with Crippen molar-refractivity contribution in [1.82, 2.24) is 18.9 Å². The van der Waals surface area contributed by atoms with Crippen LogP contribution < -0.4 is 32.5 Å². The first-order valence-corrected chi connectivity index (χ1v) is 22.8. The smallest absolute Gasteiger partial charge is 0.327 e. The SMILES string of the molecule is [C-]#[N+]/C(c1nc2ccccc2o1)=c1\c2c(C(C)C)n(B(c3ccccc3)c3ccccc3)/c(=C(/C#N)c3nc4ccccc4o3)c2c(-c2ccccc2Cl)n1B(c1ccccc1)c1ccccc1. The van der Waals surface area contributed by atoms with Crippen LogP contribution in [0.1, 0.15) is 37.2 Å². The van der Waals surface area contributed by atoms with Gasteiger partial charge in [-0.2, -0.15) is 5.26 Å². The first-order chi connectivity index (χ1) is 33.4. The predicted octanol–water partition coefficient (Wildman–Crippen LogP) is 9.28. The van der Waals surface area contributed by atoms with Crippen molar-refractivity contribution in [3.8, 4) is 17.3 Å². The van der Waals surface area contributed by atoms with Crippen LogP contribution in [0.2, 0.25) is 5.02 Å². The van der Waals surface area contributed by atoms with E-state index in [0.29, 0.717) is 54.6 Å². The van der Waals surface area contributed by atoms with Crippen molar-refractivity contribution in [2.75, 3.05) is 0 Å². The van der Waals surface area contributed by atoms with Gasteiger partial charge in [-0.15, -0.1) is 0 Å². The third kappa shape index (κ3) is 7.11. The molecule has 11 aromatic rings. The fraction of sp³-hybridized carbons (Fsp3) is 0.0526. The zero-order valence-corrected chi connectivity index (χ0v) is 37.8. The van der Waals surface area contributed by atoms with Crippen LogP contribution in [-0.4, -0.2) is 32.6 Å². The molecule has 322 valence electrons. The number of aromatic nitrogens is 4. The maximum absolute atomic E-state index is 11.9. The molecule has 0 saturated heterocycles. The zero-order valence-electron chi connectivity index (χ0n) is 37.1. The number of fused-ring (bicyclic) bond motifs is 3. The molecular weight excluding hydrogens is 858 g/mol. The van der Waals surface area contributed by atoms with E-state index in [0.717, 1.165) is 32.9 Å². The summed E-state index contributed by atoms with van der Waals surface area (Å²) < 4.78 is 17.7. The molecule has 0 amide bonds.